The summed E-state index contributed by atoms with van der Waals surface area (Å²) in [6, 6.07) is 0. The van der Waals surface area contributed by atoms with Gasteiger partial charge in [0.1, 0.15) is 0 Å². The molecule has 1 aliphatic rings. The maximum atomic E-state index is 11.6. The number of nitrogens with one attached hydrogen (secondary N) is 3. The second kappa shape index (κ2) is 10.5. The van der Waals surface area contributed by atoms with Crippen LogP contribution in [0.2, 0.25) is 0 Å². The second-order valence-electron chi connectivity index (χ2n) is 5.13. The molecule has 0 saturated carbocycles. The minimum Gasteiger partial charge on any atom is -0.347 e. The highest BCUT2D eigenvalue weighted by molar-refractivity contribution is 6.35. The summed E-state index contributed by atoms with van der Waals surface area (Å²) in [4.78, 5) is 27.7. The van der Waals surface area contributed by atoms with Crippen molar-refractivity contribution in [1.82, 2.24) is 25.8 Å². The minimum absolute atomic E-state index is 0.506. The number of likely N-dealkylation sites (N-methyl/N-ethyl adjacent to an activating group) is 1. The Morgan fingerprint density at radius 3 is 2.19 bits per heavy atom. The van der Waals surface area contributed by atoms with Gasteiger partial charge in [-0.15, -0.1) is 0 Å². The van der Waals surface area contributed by atoms with Crippen LogP contribution in [-0.4, -0.2) is 87.1 Å². The lowest BCUT2D eigenvalue weighted by molar-refractivity contribution is -0.139. The summed E-state index contributed by atoms with van der Waals surface area (Å²) >= 11 is 0. The van der Waals surface area contributed by atoms with Crippen molar-refractivity contribution in [3.05, 3.63) is 0 Å². The van der Waals surface area contributed by atoms with E-state index in [1.54, 1.807) is 0 Å². The monoisotopic (exact) mass is 299 g/mol. The number of rotatable bonds is 8. The fourth-order valence-corrected chi connectivity index (χ4v) is 2.29. The molecule has 7 heteroatoms. The van der Waals surface area contributed by atoms with Gasteiger partial charge in [0.25, 0.3) is 0 Å². The van der Waals surface area contributed by atoms with E-state index in [0.29, 0.717) is 13.1 Å². The van der Waals surface area contributed by atoms with Crippen LogP contribution in [-0.2, 0) is 9.59 Å². The number of hydrogen-bond acceptors (Lipinski definition) is 5. The van der Waals surface area contributed by atoms with E-state index < -0.39 is 11.8 Å². The molecule has 7 nitrogen and oxygen atoms in total. The van der Waals surface area contributed by atoms with E-state index in [9.17, 15) is 9.59 Å². The molecule has 0 bridgehead atoms. The lowest BCUT2D eigenvalue weighted by Crippen LogP contribution is -2.48. The Hall–Kier alpha value is -1.18. The van der Waals surface area contributed by atoms with E-state index in [1.807, 2.05) is 0 Å². The van der Waals surface area contributed by atoms with Crippen LogP contribution in [0, 0.1) is 0 Å². The van der Waals surface area contributed by atoms with E-state index in [-0.39, 0.29) is 0 Å². The van der Waals surface area contributed by atoms with E-state index in [2.05, 4.69) is 39.6 Å². The molecule has 0 atom stereocenters. The lowest BCUT2D eigenvalue weighted by atomic mass is 10.3. The highest BCUT2D eigenvalue weighted by Crippen LogP contribution is 1.90. The Kier molecular flexibility index (Phi) is 8.96. The summed E-state index contributed by atoms with van der Waals surface area (Å²) in [7, 11) is 0. The van der Waals surface area contributed by atoms with Crippen LogP contribution < -0.4 is 16.0 Å². The molecule has 0 aromatic rings. The van der Waals surface area contributed by atoms with Gasteiger partial charge >= 0.3 is 11.8 Å². The van der Waals surface area contributed by atoms with Crippen LogP contribution >= 0.6 is 0 Å². The zero-order valence-electron chi connectivity index (χ0n) is 13.3. The molecular weight excluding hydrogens is 270 g/mol. The predicted octanol–water partition coefficient (Wildman–Crippen LogP) is -1.53. The van der Waals surface area contributed by atoms with Crippen molar-refractivity contribution >= 4 is 11.8 Å². The molecule has 0 radical (unpaired) electrons. The van der Waals surface area contributed by atoms with Gasteiger partial charge in [-0.05, 0) is 13.1 Å². The molecule has 0 spiro atoms. The van der Waals surface area contributed by atoms with Gasteiger partial charge in [-0.1, -0.05) is 13.8 Å². The number of carbonyl (C=O) groups is 2. The summed E-state index contributed by atoms with van der Waals surface area (Å²) in [5.41, 5.74) is 0. The van der Waals surface area contributed by atoms with Gasteiger partial charge in [-0.25, -0.2) is 0 Å². The Balaban J connectivity index is 2.08. The molecule has 0 aliphatic carbocycles. The van der Waals surface area contributed by atoms with Gasteiger partial charge in [0.05, 0.1) is 0 Å². The molecule has 1 rings (SSSR count). The molecule has 1 heterocycles. The van der Waals surface area contributed by atoms with Crippen LogP contribution in [0.25, 0.3) is 0 Å². The highest BCUT2D eigenvalue weighted by atomic mass is 16.2. The number of hydrogen-bond donors (Lipinski definition) is 3. The number of carbonyl (C=O) groups excluding carboxylic acids is 2. The maximum absolute atomic E-state index is 11.6. The predicted molar refractivity (Wildman–Crippen MR) is 83.1 cm³/mol. The number of piperazine rings is 1. The van der Waals surface area contributed by atoms with Crippen LogP contribution in [0.3, 0.4) is 0 Å². The third kappa shape index (κ3) is 7.40. The molecule has 1 saturated heterocycles. The number of amides is 2. The van der Waals surface area contributed by atoms with Crippen molar-refractivity contribution in [2.45, 2.75) is 13.8 Å². The third-order valence-electron chi connectivity index (χ3n) is 3.74. The number of nitrogens with zero attached hydrogens (tertiary/aromatic N) is 2. The van der Waals surface area contributed by atoms with Crippen molar-refractivity contribution in [2.24, 2.45) is 0 Å². The van der Waals surface area contributed by atoms with Crippen molar-refractivity contribution in [3.8, 4) is 0 Å². The van der Waals surface area contributed by atoms with Gasteiger partial charge in [0.15, 0.2) is 0 Å². The van der Waals surface area contributed by atoms with E-state index in [0.717, 1.165) is 52.4 Å². The average molecular weight is 299 g/mol. The lowest BCUT2D eigenvalue weighted by Gasteiger charge is -2.27. The zero-order valence-corrected chi connectivity index (χ0v) is 13.3. The van der Waals surface area contributed by atoms with Crippen molar-refractivity contribution < 1.29 is 9.59 Å². The van der Waals surface area contributed by atoms with Crippen LogP contribution in [0.1, 0.15) is 13.8 Å². The fourth-order valence-electron chi connectivity index (χ4n) is 2.29. The molecular formula is C14H29N5O2. The Morgan fingerprint density at radius 2 is 1.62 bits per heavy atom. The van der Waals surface area contributed by atoms with Gasteiger partial charge in [-0.2, -0.15) is 0 Å². The first-order valence-corrected chi connectivity index (χ1v) is 7.88. The molecule has 3 N–H and O–H groups in total. The quantitative estimate of drug-likeness (QED) is 0.474. The maximum Gasteiger partial charge on any atom is 0.309 e. The second-order valence-corrected chi connectivity index (χ2v) is 5.13. The first-order valence-electron chi connectivity index (χ1n) is 7.88. The van der Waals surface area contributed by atoms with E-state index in [4.69, 9.17) is 0 Å². The van der Waals surface area contributed by atoms with Crippen molar-refractivity contribution in [2.75, 3.05) is 65.4 Å². The van der Waals surface area contributed by atoms with Crippen molar-refractivity contribution in [3.63, 3.8) is 0 Å². The van der Waals surface area contributed by atoms with E-state index >= 15 is 0 Å². The topological polar surface area (TPSA) is 76.7 Å². The molecule has 21 heavy (non-hydrogen) atoms. The molecule has 0 aromatic heterocycles. The standard InChI is InChI=1S/C14H29N5O2/c1-3-18(4-2)11-7-16-13(20)14(21)17-8-12-19-9-5-15-6-10-19/h15H,3-12H2,1-2H3,(H,16,20)(H,17,21). The van der Waals surface area contributed by atoms with Gasteiger partial charge in [-0.3, -0.25) is 14.5 Å². The first-order chi connectivity index (χ1) is 10.2. The molecule has 122 valence electrons. The fraction of sp³-hybridized carbons (Fsp3) is 0.857. The van der Waals surface area contributed by atoms with Crippen LogP contribution in [0.15, 0.2) is 0 Å². The van der Waals surface area contributed by atoms with Gasteiger partial charge < -0.3 is 20.9 Å². The smallest absolute Gasteiger partial charge is 0.309 e. The van der Waals surface area contributed by atoms with E-state index in [1.165, 1.54) is 0 Å². The zero-order chi connectivity index (χ0) is 15.5. The minimum atomic E-state index is -0.539. The summed E-state index contributed by atoms with van der Waals surface area (Å²) in [6.07, 6.45) is 0. The Morgan fingerprint density at radius 1 is 1.05 bits per heavy atom. The van der Waals surface area contributed by atoms with Gasteiger partial charge in [0, 0.05) is 52.4 Å². The Bertz CT molecular complexity index is 314. The van der Waals surface area contributed by atoms with Gasteiger partial charge in [0.2, 0.25) is 0 Å². The van der Waals surface area contributed by atoms with Crippen molar-refractivity contribution in [1.29, 1.82) is 0 Å². The van der Waals surface area contributed by atoms with Crippen LogP contribution in [0.5, 0.6) is 0 Å². The third-order valence-corrected chi connectivity index (χ3v) is 3.74. The molecule has 0 unspecified atom stereocenters. The summed E-state index contributed by atoms with van der Waals surface area (Å²) in [5.74, 6) is -1.08. The molecule has 0 aromatic carbocycles. The molecule has 2 amide bonds. The summed E-state index contributed by atoms with van der Waals surface area (Å²) in [5, 5.41) is 8.60. The Labute approximate surface area is 127 Å². The first kappa shape index (κ1) is 17.9. The van der Waals surface area contributed by atoms with Crippen LogP contribution in [0.4, 0.5) is 0 Å². The SMILES string of the molecule is CCN(CC)CCNC(=O)C(=O)NCCN1CCNCC1. The normalized spacial score (nSPS) is 16.0. The molecule has 1 aliphatic heterocycles. The summed E-state index contributed by atoms with van der Waals surface area (Å²) in [6.45, 7) is 12.6. The largest absolute Gasteiger partial charge is 0.347 e. The highest BCUT2D eigenvalue weighted by Gasteiger charge is 2.14. The molecule has 1 fully saturated rings. The summed E-state index contributed by atoms with van der Waals surface area (Å²) < 4.78 is 0. The average Bonchev–Trinajstić information content (AvgIpc) is 2.52.